The van der Waals surface area contributed by atoms with Gasteiger partial charge in [-0.2, -0.15) is 0 Å². The predicted octanol–water partition coefficient (Wildman–Crippen LogP) is 2.60. The molecule has 2 rings (SSSR count). The molecule has 0 fully saturated rings. The highest BCUT2D eigenvalue weighted by atomic mass is 28.1. The molecule has 0 aliphatic rings. The van der Waals surface area contributed by atoms with E-state index in [1.165, 1.54) is 0 Å². The average Bonchev–Trinajstić information content (AvgIpc) is 2.31. The van der Waals surface area contributed by atoms with Gasteiger partial charge in [0.2, 0.25) is 5.91 Å². The van der Waals surface area contributed by atoms with Crippen LogP contribution < -0.4 is 9.47 Å². The fourth-order valence-electron chi connectivity index (χ4n) is 1.27. The van der Waals surface area contributed by atoms with E-state index in [9.17, 15) is 0 Å². The first-order chi connectivity index (χ1) is 7.84. The maximum atomic E-state index is 5.51. The second kappa shape index (κ2) is 5.37. The molecule has 0 bridgehead atoms. The molecule has 2 aromatic rings. The molecule has 0 aliphatic carbocycles. The molecular weight excluding hydrogens is 216 g/mol. The van der Waals surface area contributed by atoms with Crippen LogP contribution in [0.4, 0.5) is 0 Å². The number of hydrogen-bond donors (Lipinski definition) is 0. The van der Waals surface area contributed by atoms with Crippen LogP contribution in [0, 0.1) is 0 Å². The first-order valence-electron chi connectivity index (χ1n) is 4.99. The standard InChI is InChI=1S/C13H11O2Si/c16-13(14-11-7-3-1-4-8-11)15-12-9-5-2-6-10-12/h1-10,13H. The number of ether oxygens (including phenoxy) is 2. The Bertz CT molecular complexity index is 375. The molecule has 0 heterocycles. The minimum absolute atomic E-state index is 0.496. The molecule has 0 amide bonds. The minimum atomic E-state index is -0.496. The van der Waals surface area contributed by atoms with Gasteiger partial charge in [0.05, 0.1) is 0 Å². The molecule has 3 heteroatoms. The van der Waals surface area contributed by atoms with Crippen molar-refractivity contribution in [3.8, 4) is 11.5 Å². The lowest BCUT2D eigenvalue weighted by Crippen LogP contribution is -2.23. The summed E-state index contributed by atoms with van der Waals surface area (Å²) in [5, 5.41) is 0. The zero-order valence-electron chi connectivity index (χ0n) is 8.67. The lowest BCUT2D eigenvalue weighted by Gasteiger charge is -2.16. The van der Waals surface area contributed by atoms with Crippen LogP contribution in [0.15, 0.2) is 60.7 Å². The van der Waals surface area contributed by atoms with Crippen LogP contribution in [0.2, 0.25) is 0 Å². The highest BCUT2D eigenvalue weighted by Gasteiger charge is 2.04. The molecule has 0 N–H and O–H groups in total. The van der Waals surface area contributed by atoms with Gasteiger partial charge < -0.3 is 9.47 Å². The lowest BCUT2D eigenvalue weighted by atomic mass is 10.3. The van der Waals surface area contributed by atoms with Crippen LogP contribution in [0.25, 0.3) is 0 Å². The number of benzene rings is 2. The second-order valence-corrected chi connectivity index (χ2v) is 3.67. The van der Waals surface area contributed by atoms with E-state index < -0.39 is 5.91 Å². The molecule has 16 heavy (non-hydrogen) atoms. The van der Waals surface area contributed by atoms with Crippen LogP contribution >= 0.6 is 0 Å². The molecule has 3 radical (unpaired) electrons. The molecule has 0 atom stereocenters. The normalized spacial score (nSPS) is 10.1. The third kappa shape index (κ3) is 3.14. The molecule has 0 aromatic heterocycles. The van der Waals surface area contributed by atoms with Gasteiger partial charge >= 0.3 is 0 Å². The third-order valence-electron chi connectivity index (χ3n) is 1.97. The maximum absolute atomic E-state index is 5.51. The van der Waals surface area contributed by atoms with Crippen molar-refractivity contribution < 1.29 is 9.47 Å². The van der Waals surface area contributed by atoms with E-state index in [2.05, 4.69) is 10.2 Å². The van der Waals surface area contributed by atoms with E-state index in [1.54, 1.807) is 0 Å². The fraction of sp³-hybridized carbons (Fsp3) is 0.0769. The summed E-state index contributed by atoms with van der Waals surface area (Å²) in [4.78, 5) is 0. The van der Waals surface area contributed by atoms with E-state index in [0.717, 1.165) is 11.5 Å². The van der Waals surface area contributed by atoms with E-state index >= 15 is 0 Å². The Hall–Kier alpha value is -1.74. The van der Waals surface area contributed by atoms with Gasteiger partial charge in [0, 0.05) is 0 Å². The maximum Gasteiger partial charge on any atom is 0.212 e. The minimum Gasteiger partial charge on any atom is -0.460 e. The summed E-state index contributed by atoms with van der Waals surface area (Å²) in [6, 6.07) is 19.0. The molecule has 0 aliphatic heterocycles. The Kier molecular flexibility index (Phi) is 3.61. The van der Waals surface area contributed by atoms with Gasteiger partial charge in [-0.3, -0.25) is 0 Å². The van der Waals surface area contributed by atoms with Crippen molar-refractivity contribution >= 4 is 10.2 Å². The van der Waals surface area contributed by atoms with Crippen molar-refractivity contribution in [3.63, 3.8) is 0 Å². The van der Waals surface area contributed by atoms with E-state index in [0.29, 0.717) is 0 Å². The van der Waals surface area contributed by atoms with Gasteiger partial charge in [-0.1, -0.05) is 36.4 Å². The quantitative estimate of drug-likeness (QED) is 0.590. The zero-order chi connectivity index (χ0) is 11.2. The average molecular weight is 227 g/mol. The molecule has 2 nitrogen and oxygen atoms in total. The zero-order valence-corrected chi connectivity index (χ0v) is 9.67. The van der Waals surface area contributed by atoms with E-state index in [1.807, 2.05) is 60.7 Å². The highest BCUT2D eigenvalue weighted by Crippen LogP contribution is 2.14. The molecule has 0 saturated carbocycles. The van der Waals surface area contributed by atoms with Crippen LogP contribution in [-0.4, -0.2) is 16.2 Å². The van der Waals surface area contributed by atoms with Crippen molar-refractivity contribution in [1.82, 2.24) is 0 Å². The third-order valence-corrected chi connectivity index (χ3v) is 2.21. The SMILES string of the molecule is [Si]C(Oc1ccccc1)Oc1ccccc1. The van der Waals surface area contributed by atoms with Gasteiger partial charge in [-0.15, -0.1) is 0 Å². The molecular formula is C13H11O2Si. The predicted molar refractivity (Wildman–Crippen MR) is 63.7 cm³/mol. The van der Waals surface area contributed by atoms with Crippen molar-refractivity contribution in [2.75, 3.05) is 0 Å². The summed E-state index contributed by atoms with van der Waals surface area (Å²) in [6.45, 7) is 0. The van der Waals surface area contributed by atoms with Crippen LogP contribution in [-0.2, 0) is 0 Å². The van der Waals surface area contributed by atoms with Gasteiger partial charge in [0.1, 0.15) is 21.7 Å². The van der Waals surface area contributed by atoms with Crippen molar-refractivity contribution in [1.29, 1.82) is 0 Å². The molecule has 0 unspecified atom stereocenters. The van der Waals surface area contributed by atoms with E-state index in [4.69, 9.17) is 9.47 Å². The van der Waals surface area contributed by atoms with E-state index in [-0.39, 0.29) is 0 Å². The molecule has 0 spiro atoms. The lowest BCUT2D eigenvalue weighted by molar-refractivity contribution is 0.0768. The number of rotatable bonds is 4. The summed E-state index contributed by atoms with van der Waals surface area (Å²) < 4.78 is 11.0. The monoisotopic (exact) mass is 227 g/mol. The summed E-state index contributed by atoms with van der Waals surface area (Å²) in [5.41, 5.74) is 0. The second-order valence-electron chi connectivity index (χ2n) is 3.19. The topological polar surface area (TPSA) is 18.5 Å². The number of hydrogen-bond acceptors (Lipinski definition) is 2. The Morgan fingerprint density at radius 2 is 1.06 bits per heavy atom. The Balaban J connectivity index is 1.92. The Morgan fingerprint density at radius 1 is 0.688 bits per heavy atom. The van der Waals surface area contributed by atoms with Crippen molar-refractivity contribution in [2.45, 2.75) is 5.91 Å². The van der Waals surface area contributed by atoms with Crippen LogP contribution in [0.5, 0.6) is 11.5 Å². The number of para-hydroxylation sites is 2. The van der Waals surface area contributed by atoms with Gasteiger partial charge in [-0.05, 0) is 24.3 Å². The van der Waals surface area contributed by atoms with Gasteiger partial charge in [-0.25, -0.2) is 0 Å². The molecule has 0 saturated heterocycles. The Morgan fingerprint density at radius 3 is 1.44 bits per heavy atom. The molecule has 79 valence electrons. The van der Waals surface area contributed by atoms with Gasteiger partial charge in [0.25, 0.3) is 0 Å². The summed E-state index contributed by atoms with van der Waals surface area (Å²) in [5.74, 6) is 1.03. The molecule has 2 aromatic carbocycles. The van der Waals surface area contributed by atoms with Gasteiger partial charge in [0.15, 0.2) is 0 Å². The summed E-state index contributed by atoms with van der Waals surface area (Å²) in [6.07, 6.45) is 0. The summed E-state index contributed by atoms with van der Waals surface area (Å²) >= 11 is 0. The first-order valence-corrected chi connectivity index (χ1v) is 5.57. The Labute approximate surface area is 98.3 Å². The smallest absolute Gasteiger partial charge is 0.212 e. The van der Waals surface area contributed by atoms with Crippen molar-refractivity contribution in [2.24, 2.45) is 0 Å². The fourth-order valence-corrected chi connectivity index (χ4v) is 1.54. The van der Waals surface area contributed by atoms with Crippen molar-refractivity contribution in [3.05, 3.63) is 60.7 Å². The van der Waals surface area contributed by atoms with Crippen LogP contribution in [0.3, 0.4) is 0 Å². The first kappa shape index (κ1) is 10.8. The van der Waals surface area contributed by atoms with Crippen LogP contribution in [0.1, 0.15) is 0 Å². The largest absolute Gasteiger partial charge is 0.460 e. The highest BCUT2D eigenvalue weighted by molar-refractivity contribution is 6.10. The summed E-state index contributed by atoms with van der Waals surface area (Å²) in [7, 11) is 3.36.